The predicted octanol–water partition coefficient (Wildman–Crippen LogP) is 13.3. The molecule has 10 rings (SSSR count). The van der Waals surface area contributed by atoms with Gasteiger partial charge in [0.1, 0.15) is 0 Å². The van der Waals surface area contributed by atoms with Crippen molar-refractivity contribution in [2.24, 2.45) is 0 Å². The maximum absolute atomic E-state index is 5.06. The maximum Gasteiger partial charge on any atom is 0.164 e. The molecule has 0 spiro atoms. The second-order valence-electron chi connectivity index (χ2n) is 13.9. The highest BCUT2D eigenvalue weighted by Gasteiger charge is 2.19. The molecule has 7 aromatic carbocycles. The van der Waals surface area contributed by atoms with Gasteiger partial charge in [-0.25, -0.2) is 15.0 Å². The first kappa shape index (κ1) is 32.2. The number of hydrogen-bond acceptors (Lipinski definition) is 4. The Morgan fingerprint density at radius 1 is 0.481 bits per heavy atom. The molecule has 5 heteroatoms. The second-order valence-corrected chi connectivity index (χ2v) is 14.9. The van der Waals surface area contributed by atoms with Crippen LogP contribution < -0.4 is 0 Å². The van der Waals surface area contributed by atoms with Crippen LogP contribution in [0.15, 0.2) is 164 Å². The van der Waals surface area contributed by atoms with E-state index in [1.807, 2.05) is 29.5 Å². The lowest BCUT2D eigenvalue weighted by Crippen LogP contribution is -2.01. The van der Waals surface area contributed by atoms with E-state index < -0.39 is 0 Å². The molecule has 0 saturated heterocycles. The third kappa shape index (κ3) is 5.56. The van der Waals surface area contributed by atoms with E-state index >= 15 is 0 Å². The number of benzene rings is 7. The van der Waals surface area contributed by atoms with Crippen LogP contribution in [0, 0.1) is 0 Å². The molecule has 0 N–H and O–H groups in total. The summed E-state index contributed by atoms with van der Waals surface area (Å²) in [6.07, 6.45) is 3.44. The molecule has 0 aliphatic heterocycles. The molecule has 0 aliphatic carbocycles. The van der Waals surface area contributed by atoms with Gasteiger partial charge in [0.25, 0.3) is 0 Å². The van der Waals surface area contributed by atoms with Crippen LogP contribution in [0.5, 0.6) is 0 Å². The Kier molecular flexibility index (Phi) is 8.07. The topological polar surface area (TPSA) is 43.6 Å². The van der Waals surface area contributed by atoms with Gasteiger partial charge in [0.05, 0.1) is 11.0 Å². The summed E-state index contributed by atoms with van der Waals surface area (Å²) < 4.78 is 5.04. The molecule has 0 unspecified atom stereocenters. The predicted molar refractivity (Wildman–Crippen MR) is 227 cm³/mol. The molecule has 3 heterocycles. The molecule has 0 fully saturated rings. The Bertz CT molecular complexity index is 2960. The molecule has 0 bridgehead atoms. The molecule has 0 radical (unpaired) electrons. The molecule has 0 atom stereocenters. The quantitative estimate of drug-likeness (QED) is 0.158. The maximum atomic E-state index is 5.06. The van der Waals surface area contributed by atoms with Crippen LogP contribution in [-0.2, 0) is 6.42 Å². The first-order valence-electron chi connectivity index (χ1n) is 18.7. The first-order chi connectivity index (χ1) is 26.7. The smallest absolute Gasteiger partial charge is 0.164 e. The van der Waals surface area contributed by atoms with E-state index in [1.54, 1.807) is 0 Å². The molecular formula is C49H36N4S. The van der Waals surface area contributed by atoms with Gasteiger partial charge in [0.15, 0.2) is 17.5 Å². The molecule has 0 amide bonds. The van der Waals surface area contributed by atoms with Crippen LogP contribution in [-0.4, -0.2) is 19.5 Å². The number of aryl methyl sites for hydroxylation is 1. The monoisotopic (exact) mass is 712 g/mol. The molecule has 0 aliphatic rings. The van der Waals surface area contributed by atoms with Gasteiger partial charge < -0.3 is 4.57 Å². The zero-order chi connectivity index (χ0) is 36.0. The number of thiophene rings is 1. The molecular weight excluding hydrogens is 677 g/mol. The average molecular weight is 713 g/mol. The van der Waals surface area contributed by atoms with E-state index in [4.69, 9.17) is 15.0 Å². The Balaban J connectivity index is 1.12. The average Bonchev–Trinajstić information content (AvgIpc) is 3.80. The number of para-hydroxylation sites is 2. The standard InChI is InChI=1S/C49H36N4S/c1-2-3-13-32-24-26-34(27-25-32)48-50-47(33-14-5-4-6-15-33)51-49(52-48)35-28-30-36(31-29-35)53-43-22-9-7-16-37(43)39-18-11-19-40(45(39)53)42-21-12-20-41-38-17-8-10-23-44(38)54-46(41)42/h4-12,14-31H,2-3,13H2,1H3. The van der Waals surface area contributed by atoms with Crippen LogP contribution in [0.3, 0.4) is 0 Å². The van der Waals surface area contributed by atoms with Crippen molar-refractivity contribution in [3.63, 3.8) is 0 Å². The lowest BCUT2D eigenvalue weighted by molar-refractivity contribution is 0.795. The normalized spacial score (nSPS) is 11.6. The second kappa shape index (κ2) is 13.5. The summed E-state index contributed by atoms with van der Waals surface area (Å²) in [7, 11) is 0. The number of rotatable bonds is 8. The van der Waals surface area contributed by atoms with Gasteiger partial charge >= 0.3 is 0 Å². The Labute approximate surface area is 318 Å². The van der Waals surface area contributed by atoms with Gasteiger partial charge in [-0.3, -0.25) is 0 Å². The van der Waals surface area contributed by atoms with Gasteiger partial charge in [-0.15, -0.1) is 11.3 Å². The lowest BCUT2D eigenvalue weighted by atomic mass is 10.00. The van der Waals surface area contributed by atoms with E-state index in [0.717, 1.165) is 28.8 Å². The van der Waals surface area contributed by atoms with E-state index in [1.165, 1.54) is 71.5 Å². The summed E-state index contributed by atoms with van der Waals surface area (Å²) in [6.45, 7) is 2.23. The first-order valence-corrected chi connectivity index (χ1v) is 19.5. The van der Waals surface area contributed by atoms with Crippen molar-refractivity contribution in [1.29, 1.82) is 0 Å². The van der Waals surface area contributed by atoms with Gasteiger partial charge in [-0.05, 0) is 54.8 Å². The zero-order valence-electron chi connectivity index (χ0n) is 29.9. The third-order valence-electron chi connectivity index (χ3n) is 10.5. The molecule has 10 aromatic rings. The van der Waals surface area contributed by atoms with Crippen molar-refractivity contribution in [2.45, 2.75) is 26.2 Å². The molecule has 3 aromatic heterocycles. The van der Waals surface area contributed by atoms with Gasteiger partial charge in [-0.2, -0.15) is 0 Å². The van der Waals surface area contributed by atoms with Crippen molar-refractivity contribution in [3.05, 3.63) is 169 Å². The Morgan fingerprint density at radius 3 is 1.78 bits per heavy atom. The summed E-state index contributed by atoms with van der Waals surface area (Å²) in [4.78, 5) is 15.0. The van der Waals surface area contributed by atoms with Gasteiger partial charge in [0, 0.05) is 64.4 Å². The minimum atomic E-state index is 0.653. The fourth-order valence-corrected chi connectivity index (χ4v) is 9.01. The summed E-state index contributed by atoms with van der Waals surface area (Å²) >= 11 is 1.87. The SMILES string of the molecule is CCCCc1ccc(-c2nc(-c3ccccc3)nc(-c3ccc(-n4c5ccccc5c5cccc(-c6cccc7c6sc6ccccc67)c54)cc3)n2)cc1. The van der Waals surface area contributed by atoms with E-state index in [9.17, 15) is 0 Å². The Morgan fingerprint density at radius 2 is 1.06 bits per heavy atom. The van der Waals surface area contributed by atoms with Crippen LogP contribution in [0.2, 0.25) is 0 Å². The minimum Gasteiger partial charge on any atom is -0.309 e. The van der Waals surface area contributed by atoms with Crippen LogP contribution in [0.4, 0.5) is 0 Å². The van der Waals surface area contributed by atoms with Gasteiger partial charge in [-0.1, -0.05) is 141 Å². The summed E-state index contributed by atoms with van der Waals surface area (Å²) in [5.41, 5.74) is 10.2. The number of fused-ring (bicyclic) bond motifs is 6. The van der Waals surface area contributed by atoms with Gasteiger partial charge in [0.2, 0.25) is 0 Å². The number of hydrogen-bond donors (Lipinski definition) is 0. The molecule has 54 heavy (non-hydrogen) atoms. The lowest BCUT2D eigenvalue weighted by Gasteiger charge is -2.13. The molecule has 4 nitrogen and oxygen atoms in total. The number of nitrogens with zero attached hydrogens (tertiary/aromatic N) is 4. The number of unbranched alkanes of at least 4 members (excludes halogenated alkanes) is 1. The highest BCUT2D eigenvalue weighted by atomic mass is 32.1. The van der Waals surface area contributed by atoms with Crippen LogP contribution >= 0.6 is 11.3 Å². The highest BCUT2D eigenvalue weighted by Crippen LogP contribution is 2.44. The third-order valence-corrected chi connectivity index (χ3v) is 11.7. The molecule has 258 valence electrons. The van der Waals surface area contributed by atoms with Crippen molar-refractivity contribution in [2.75, 3.05) is 0 Å². The minimum absolute atomic E-state index is 0.653. The van der Waals surface area contributed by atoms with Crippen molar-refractivity contribution in [1.82, 2.24) is 19.5 Å². The van der Waals surface area contributed by atoms with Crippen molar-refractivity contribution >= 4 is 53.3 Å². The fourth-order valence-electron chi connectivity index (χ4n) is 7.77. The summed E-state index contributed by atoms with van der Waals surface area (Å²) in [5.74, 6) is 1.99. The zero-order valence-corrected chi connectivity index (χ0v) is 30.7. The fraction of sp³-hybridized carbons (Fsp3) is 0.0816. The number of aromatic nitrogens is 4. The highest BCUT2D eigenvalue weighted by molar-refractivity contribution is 7.26. The summed E-state index contributed by atoms with van der Waals surface area (Å²) in [6, 6.07) is 58.5. The van der Waals surface area contributed by atoms with E-state index in [-0.39, 0.29) is 0 Å². The largest absolute Gasteiger partial charge is 0.309 e. The van der Waals surface area contributed by atoms with Crippen molar-refractivity contribution < 1.29 is 0 Å². The summed E-state index contributed by atoms with van der Waals surface area (Å²) in [5, 5.41) is 5.08. The molecule has 0 saturated carbocycles. The van der Waals surface area contributed by atoms with E-state index in [2.05, 4.69) is 157 Å². The van der Waals surface area contributed by atoms with E-state index in [0.29, 0.717) is 17.5 Å². The Hall–Kier alpha value is -6.43. The van der Waals surface area contributed by atoms with Crippen LogP contribution in [0.25, 0.3) is 93.0 Å². The van der Waals surface area contributed by atoms with Crippen LogP contribution in [0.1, 0.15) is 25.3 Å². The van der Waals surface area contributed by atoms with Crippen molar-refractivity contribution in [3.8, 4) is 51.0 Å².